The quantitative estimate of drug-likeness (QED) is 0.681. The minimum Gasteiger partial charge on any atom is -0.478 e. The van der Waals surface area contributed by atoms with Gasteiger partial charge in [0.2, 0.25) is 0 Å². The van der Waals surface area contributed by atoms with Crippen molar-refractivity contribution in [2.75, 3.05) is 0 Å². The maximum atomic E-state index is 10.9. The van der Waals surface area contributed by atoms with Crippen molar-refractivity contribution in [3.05, 3.63) is 39.0 Å². The number of carbonyl (C=O) groups is 1. The molecule has 1 rings (SSSR count). The molecule has 0 aromatic heterocycles. The van der Waals surface area contributed by atoms with E-state index < -0.39 is 5.97 Å². The first-order chi connectivity index (χ1) is 7.13. The van der Waals surface area contributed by atoms with Crippen LogP contribution in [0.3, 0.4) is 0 Å². The molecule has 0 bridgehead atoms. The predicted octanol–water partition coefficient (Wildman–Crippen LogP) is 3.56. The molecule has 0 saturated carbocycles. The van der Waals surface area contributed by atoms with Gasteiger partial charge in [-0.25, -0.2) is 4.79 Å². The van der Waals surface area contributed by atoms with Gasteiger partial charge in [-0.15, -0.1) is 0 Å². The number of halogens is 1. The van der Waals surface area contributed by atoms with Gasteiger partial charge in [-0.2, -0.15) is 0 Å². The monoisotopic (exact) mass is 316 g/mol. The highest BCUT2D eigenvalue weighted by Gasteiger charge is 2.05. The van der Waals surface area contributed by atoms with Gasteiger partial charge in [-0.3, -0.25) is 0 Å². The third kappa shape index (κ3) is 4.03. The van der Waals surface area contributed by atoms with Crippen molar-refractivity contribution in [3.63, 3.8) is 0 Å². The van der Waals surface area contributed by atoms with E-state index in [4.69, 9.17) is 5.11 Å². The molecule has 0 radical (unpaired) electrons. The first-order valence-electron chi connectivity index (χ1n) is 4.83. The number of hydrogen-bond donors (Lipinski definition) is 1. The molecule has 80 valence electrons. The molecular weight excluding hydrogens is 303 g/mol. The van der Waals surface area contributed by atoms with E-state index in [1.807, 2.05) is 31.2 Å². The van der Waals surface area contributed by atoms with Crippen LogP contribution in [0.5, 0.6) is 0 Å². The molecular formula is C12H13IO2. The highest BCUT2D eigenvalue weighted by molar-refractivity contribution is 14.1. The largest absolute Gasteiger partial charge is 0.478 e. The maximum absolute atomic E-state index is 10.9. The van der Waals surface area contributed by atoms with Gasteiger partial charge < -0.3 is 5.11 Å². The van der Waals surface area contributed by atoms with Crippen LogP contribution in [0.15, 0.2) is 29.8 Å². The van der Waals surface area contributed by atoms with Crippen molar-refractivity contribution in [2.45, 2.75) is 19.8 Å². The normalized spacial score (nSPS) is 11.5. The summed E-state index contributed by atoms with van der Waals surface area (Å²) in [6.45, 7) is 1.98. The molecule has 0 aliphatic carbocycles. The Morgan fingerprint density at radius 1 is 1.40 bits per heavy atom. The van der Waals surface area contributed by atoms with Crippen molar-refractivity contribution in [1.29, 1.82) is 0 Å². The molecule has 2 nitrogen and oxygen atoms in total. The van der Waals surface area contributed by atoms with E-state index >= 15 is 0 Å². The topological polar surface area (TPSA) is 37.3 Å². The second kappa shape index (κ2) is 5.90. The molecule has 0 aliphatic heterocycles. The molecule has 0 fully saturated rings. The zero-order valence-electron chi connectivity index (χ0n) is 8.53. The number of rotatable bonds is 4. The summed E-state index contributed by atoms with van der Waals surface area (Å²) < 4.78 is 1.15. The SMILES string of the molecule is CCCC(=Cc1ccc(I)cc1)C(=O)O. The fourth-order valence-electron chi connectivity index (χ4n) is 1.27. The minimum atomic E-state index is -0.824. The minimum absolute atomic E-state index is 0.471. The lowest BCUT2D eigenvalue weighted by atomic mass is 10.1. The van der Waals surface area contributed by atoms with E-state index in [9.17, 15) is 4.79 Å². The molecule has 0 spiro atoms. The molecule has 0 atom stereocenters. The van der Waals surface area contributed by atoms with Gasteiger partial charge in [0, 0.05) is 9.14 Å². The molecule has 0 aliphatic rings. The van der Waals surface area contributed by atoms with Crippen LogP contribution < -0.4 is 0 Å². The Bertz CT molecular complexity index is 366. The summed E-state index contributed by atoms with van der Waals surface area (Å²) in [5, 5.41) is 8.95. The second-order valence-corrected chi connectivity index (χ2v) is 4.52. The number of hydrogen-bond acceptors (Lipinski definition) is 1. The molecule has 15 heavy (non-hydrogen) atoms. The third-order valence-corrected chi connectivity index (χ3v) is 2.72. The zero-order chi connectivity index (χ0) is 11.3. The highest BCUT2D eigenvalue weighted by Crippen LogP contribution is 2.13. The van der Waals surface area contributed by atoms with E-state index in [1.54, 1.807) is 6.08 Å². The first-order valence-corrected chi connectivity index (χ1v) is 5.90. The van der Waals surface area contributed by atoms with Crippen molar-refractivity contribution in [3.8, 4) is 0 Å². The smallest absolute Gasteiger partial charge is 0.331 e. The van der Waals surface area contributed by atoms with Gasteiger partial charge in [-0.1, -0.05) is 25.5 Å². The Labute approximate surface area is 103 Å². The van der Waals surface area contributed by atoms with E-state index in [0.717, 1.165) is 15.6 Å². The second-order valence-electron chi connectivity index (χ2n) is 3.28. The van der Waals surface area contributed by atoms with Crippen LogP contribution in [0, 0.1) is 3.57 Å². The number of carboxylic acids is 1. The van der Waals surface area contributed by atoms with Crippen LogP contribution in [0.4, 0.5) is 0 Å². The van der Waals surface area contributed by atoms with E-state index in [0.29, 0.717) is 12.0 Å². The average molecular weight is 316 g/mol. The van der Waals surface area contributed by atoms with Crippen LogP contribution >= 0.6 is 22.6 Å². The lowest BCUT2D eigenvalue weighted by molar-refractivity contribution is -0.132. The van der Waals surface area contributed by atoms with Gasteiger partial charge in [0.25, 0.3) is 0 Å². The maximum Gasteiger partial charge on any atom is 0.331 e. The molecule has 0 heterocycles. The molecule has 0 amide bonds. The van der Waals surface area contributed by atoms with Gasteiger partial charge in [0.05, 0.1) is 0 Å². The summed E-state index contributed by atoms with van der Waals surface area (Å²) in [7, 11) is 0. The molecule has 0 saturated heterocycles. The summed E-state index contributed by atoms with van der Waals surface area (Å²) in [5.41, 5.74) is 1.42. The molecule has 1 aromatic rings. The summed E-state index contributed by atoms with van der Waals surface area (Å²) in [5.74, 6) is -0.824. The average Bonchev–Trinajstić information content (AvgIpc) is 2.20. The molecule has 0 unspecified atom stereocenters. The van der Waals surface area contributed by atoms with Crippen molar-refractivity contribution >= 4 is 34.6 Å². The van der Waals surface area contributed by atoms with Crippen molar-refractivity contribution in [1.82, 2.24) is 0 Å². The summed E-state index contributed by atoms with van der Waals surface area (Å²) in [4.78, 5) is 10.9. The Kier molecular flexibility index (Phi) is 4.81. The van der Waals surface area contributed by atoms with Gasteiger partial charge >= 0.3 is 5.97 Å². The number of aliphatic carboxylic acids is 1. The Balaban J connectivity index is 2.91. The predicted molar refractivity (Wildman–Crippen MR) is 69.7 cm³/mol. The Morgan fingerprint density at radius 3 is 2.47 bits per heavy atom. The zero-order valence-corrected chi connectivity index (χ0v) is 10.7. The van der Waals surface area contributed by atoms with Gasteiger partial charge in [-0.05, 0) is 52.8 Å². The molecule has 3 heteroatoms. The lowest BCUT2D eigenvalue weighted by Gasteiger charge is -2.00. The molecule has 1 N–H and O–H groups in total. The van der Waals surface area contributed by atoms with E-state index in [1.165, 1.54) is 0 Å². The molecule has 1 aromatic carbocycles. The Morgan fingerprint density at radius 2 is 2.00 bits per heavy atom. The van der Waals surface area contributed by atoms with E-state index in [-0.39, 0.29) is 0 Å². The Hall–Kier alpha value is -0.840. The van der Waals surface area contributed by atoms with Gasteiger partial charge in [0.1, 0.15) is 0 Å². The van der Waals surface area contributed by atoms with Crippen molar-refractivity contribution < 1.29 is 9.90 Å². The van der Waals surface area contributed by atoms with Crippen molar-refractivity contribution in [2.24, 2.45) is 0 Å². The number of benzene rings is 1. The number of carboxylic acid groups (broad SMARTS) is 1. The van der Waals surface area contributed by atoms with Crippen LogP contribution in [0.25, 0.3) is 6.08 Å². The van der Waals surface area contributed by atoms with E-state index in [2.05, 4.69) is 22.6 Å². The summed E-state index contributed by atoms with van der Waals surface area (Å²) >= 11 is 2.22. The third-order valence-electron chi connectivity index (χ3n) is 2.00. The van der Waals surface area contributed by atoms with Crippen LogP contribution in [0.1, 0.15) is 25.3 Å². The van der Waals surface area contributed by atoms with Crippen LogP contribution in [-0.4, -0.2) is 11.1 Å². The standard InChI is InChI=1S/C12H13IO2/c1-2-3-10(12(14)15)8-9-4-6-11(13)7-5-9/h4-8H,2-3H2,1H3,(H,14,15). The summed E-state index contributed by atoms with van der Waals surface area (Å²) in [6.07, 6.45) is 3.20. The van der Waals surface area contributed by atoms with Gasteiger partial charge in [0.15, 0.2) is 0 Å². The lowest BCUT2D eigenvalue weighted by Crippen LogP contribution is -1.99. The fraction of sp³-hybridized carbons (Fsp3) is 0.250. The summed E-state index contributed by atoms with van der Waals surface area (Å²) in [6, 6.07) is 7.80. The highest BCUT2D eigenvalue weighted by atomic mass is 127. The fourth-order valence-corrected chi connectivity index (χ4v) is 1.63. The van der Waals surface area contributed by atoms with Crippen LogP contribution in [-0.2, 0) is 4.79 Å². The first kappa shape index (κ1) is 12.2. The van der Waals surface area contributed by atoms with Crippen LogP contribution in [0.2, 0.25) is 0 Å².